The van der Waals surface area contributed by atoms with Crippen molar-refractivity contribution in [3.63, 3.8) is 0 Å². The minimum absolute atomic E-state index is 0.271. The number of hydrogen-bond donors (Lipinski definition) is 0. The summed E-state index contributed by atoms with van der Waals surface area (Å²) < 4.78 is 37.1. The standard InChI is InChI=1S/C20H39ClO8/c1-20(22)29-19-18-28-17-16-27-15-14-26-13-12-25-11-10-24-9-8-23-7-5-3-2-4-6-21/h2-19H2,1H3. The lowest BCUT2D eigenvalue weighted by atomic mass is 10.2. The number of carbonyl (C=O) groups excluding carboxylic acids is 1. The van der Waals surface area contributed by atoms with E-state index in [1.54, 1.807) is 0 Å². The molecule has 0 heterocycles. The van der Waals surface area contributed by atoms with E-state index in [4.69, 9.17) is 44.8 Å². The highest BCUT2D eigenvalue weighted by molar-refractivity contribution is 6.17. The van der Waals surface area contributed by atoms with Crippen molar-refractivity contribution in [2.75, 3.05) is 91.8 Å². The van der Waals surface area contributed by atoms with E-state index in [2.05, 4.69) is 0 Å². The average Bonchev–Trinajstić information content (AvgIpc) is 2.71. The zero-order chi connectivity index (χ0) is 21.3. The topological polar surface area (TPSA) is 81.7 Å². The summed E-state index contributed by atoms with van der Waals surface area (Å²) in [7, 11) is 0. The maximum atomic E-state index is 10.5. The largest absolute Gasteiger partial charge is 0.463 e. The van der Waals surface area contributed by atoms with Crippen molar-refractivity contribution in [1.29, 1.82) is 0 Å². The van der Waals surface area contributed by atoms with E-state index in [0.29, 0.717) is 72.7 Å². The average molecular weight is 443 g/mol. The van der Waals surface area contributed by atoms with Gasteiger partial charge in [-0.05, 0) is 12.8 Å². The number of rotatable bonds is 24. The normalized spacial score (nSPS) is 11.1. The molecule has 0 bridgehead atoms. The summed E-state index contributed by atoms with van der Waals surface area (Å²) >= 11 is 5.62. The third-order valence-corrected chi connectivity index (χ3v) is 3.83. The van der Waals surface area contributed by atoms with Crippen LogP contribution in [0.4, 0.5) is 0 Å². The van der Waals surface area contributed by atoms with Gasteiger partial charge in [0.1, 0.15) is 6.61 Å². The number of carbonyl (C=O) groups is 1. The van der Waals surface area contributed by atoms with Crippen LogP contribution in [0.2, 0.25) is 0 Å². The molecule has 0 atom stereocenters. The maximum absolute atomic E-state index is 10.5. The van der Waals surface area contributed by atoms with Crippen LogP contribution in [0.3, 0.4) is 0 Å². The van der Waals surface area contributed by atoms with E-state index in [9.17, 15) is 4.79 Å². The molecule has 0 aliphatic heterocycles. The van der Waals surface area contributed by atoms with Gasteiger partial charge in [0.05, 0.1) is 72.7 Å². The van der Waals surface area contributed by atoms with Gasteiger partial charge in [-0.2, -0.15) is 0 Å². The van der Waals surface area contributed by atoms with E-state index < -0.39 is 0 Å². The van der Waals surface area contributed by atoms with Gasteiger partial charge in [-0.1, -0.05) is 12.8 Å². The molecule has 0 saturated carbocycles. The number of unbranched alkanes of at least 4 members (excludes halogenated alkanes) is 3. The first-order chi connectivity index (χ1) is 14.3. The number of hydrogen-bond acceptors (Lipinski definition) is 8. The highest BCUT2D eigenvalue weighted by Crippen LogP contribution is 2.01. The minimum atomic E-state index is -0.302. The Labute approximate surface area is 180 Å². The molecule has 0 saturated heterocycles. The molecule has 0 rings (SSSR count). The monoisotopic (exact) mass is 442 g/mol. The molecule has 0 aromatic carbocycles. The molecule has 0 radical (unpaired) electrons. The van der Waals surface area contributed by atoms with Crippen LogP contribution in [0, 0.1) is 0 Å². The number of esters is 1. The highest BCUT2D eigenvalue weighted by Gasteiger charge is 1.95. The third kappa shape index (κ3) is 27.5. The Hall–Kier alpha value is -0.480. The predicted octanol–water partition coefficient (Wildman–Crippen LogP) is 2.45. The van der Waals surface area contributed by atoms with Gasteiger partial charge >= 0.3 is 5.97 Å². The first-order valence-corrected chi connectivity index (χ1v) is 11.0. The minimum Gasteiger partial charge on any atom is -0.463 e. The van der Waals surface area contributed by atoms with Crippen molar-refractivity contribution in [2.45, 2.75) is 32.6 Å². The second kappa shape index (κ2) is 25.6. The van der Waals surface area contributed by atoms with Gasteiger partial charge in [-0.25, -0.2) is 0 Å². The summed E-state index contributed by atoms with van der Waals surface area (Å²) in [5, 5.41) is 0. The molecule has 0 aliphatic rings. The van der Waals surface area contributed by atoms with Crippen LogP contribution in [0.1, 0.15) is 32.6 Å². The van der Waals surface area contributed by atoms with Gasteiger partial charge in [0.2, 0.25) is 0 Å². The Balaban J connectivity index is 2.99. The summed E-state index contributed by atoms with van der Waals surface area (Å²) in [6.07, 6.45) is 4.51. The van der Waals surface area contributed by atoms with E-state index in [1.165, 1.54) is 19.8 Å². The molecule has 0 spiro atoms. The Morgan fingerprint density at radius 3 is 1.24 bits per heavy atom. The second-order valence-corrected chi connectivity index (χ2v) is 6.50. The molecular weight excluding hydrogens is 404 g/mol. The van der Waals surface area contributed by atoms with E-state index in [-0.39, 0.29) is 12.6 Å². The van der Waals surface area contributed by atoms with E-state index in [0.717, 1.165) is 25.3 Å². The number of ether oxygens (including phenoxy) is 7. The summed E-state index contributed by atoms with van der Waals surface area (Å²) in [4.78, 5) is 10.5. The number of halogens is 1. The number of alkyl halides is 1. The maximum Gasteiger partial charge on any atom is 0.302 e. The van der Waals surface area contributed by atoms with Gasteiger partial charge in [0, 0.05) is 19.4 Å². The fourth-order valence-electron chi connectivity index (χ4n) is 2.10. The Kier molecular flexibility index (Phi) is 25.1. The Bertz CT molecular complexity index is 334. The van der Waals surface area contributed by atoms with Crippen LogP contribution in [0.25, 0.3) is 0 Å². The highest BCUT2D eigenvalue weighted by atomic mass is 35.5. The summed E-state index contributed by atoms with van der Waals surface area (Å²) in [6.45, 7) is 8.12. The summed E-state index contributed by atoms with van der Waals surface area (Å²) in [6, 6.07) is 0. The van der Waals surface area contributed by atoms with Gasteiger partial charge in [0.25, 0.3) is 0 Å². The van der Waals surface area contributed by atoms with E-state index >= 15 is 0 Å². The molecular formula is C20H39ClO8. The molecule has 174 valence electrons. The smallest absolute Gasteiger partial charge is 0.302 e. The van der Waals surface area contributed by atoms with Crippen molar-refractivity contribution < 1.29 is 38.0 Å². The molecule has 0 amide bonds. The van der Waals surface area contributed by atoms with Gasteiger partial charge in [0.15, 0.2) is 0 Å². The molecule has 0 aromatic rings. The fourth-order valence-corrected chi connectivity index (χ4v) is 2.29. The molecule has 9 heteroatoms. The predicted molar refractivity (Wildman–Crippen MR) is 111 cm³/mol. The summed E-state index contributed by atoms with van der Waals surface area (Å²) in [5.74, 6) is 0.443. The van der Waals surface area contributed by atoms with Crippen molar-refractivity contribution in [1.82, 2.24) is 0 Å². The molecule has 0 unspecified atom stereocenters. The van der Waals surface area contributed by atoms with Crippen molar-refractivity contribution >= 4 is 17.6 Å². The molecule has 0 aromatic heterocycles. The first-order valence-electron chi connectivity index (χ1n) is 10.4. The van der Waals surface area contributed by atoms with Gasteiger partial charge in [-0.3, -0.25) is 4.79 Å². The third-order valence-electron chi connectivity index (χ3n) is 3.57. The lowest BCUT2D eigenvalue weighted by molar-refractivity contribution is -0.142. The van der Waals surface area contributed by atoms with Crippen LogP contribution in [0.15, 0.2) is 0 Å². The van der Waals surface area contributed by atoms with Crippen molar-refractivity contribution in [3.8, 4) is 0 Å². The molecule has 8 nitrogen and oxygen atoms in total. The molecule has 29 heavy (non-hydrogen) atoms. The lowest BCUT2D eigenvalue weighted by Gasteiger charge is -2.08. The van der Waals surface area contributed by atoms with Crippen molar-refractivity contribution in [2.24, 2.45) is 0 Å². The van der Waals surface area contributed by atoms with Crippen LogP contribution in [-0.4, -0.2) is 97.7 Å². The Morgan fingerprint density at radius 2 is 0.862 bits per heavy atom. The Morgan fingerprint density at radius 1 is 0.517 bits per heavy atom. The molecule has 0 aliphatic carbocycles. The zero-order valence-corrected chi connectivity index (χ0v) is 18.6. The van der Waals surface area contributed by atoms with Crippen LogP contribution < -0.4 is 0 Å². The van der Waals surface area contributed by atoms with Crippen LogP contribution >= 0.6 is 11.6 Å². The van der Waals surface area contributed by atoms with Gasteiger partial charge < -0.3 is 33.2 Å². The van der Waals surface area contributed by atoms with Crippen LogP contribution in [0.5, 0.6) is 0 Å². The zero-order valence-electron chi connectivity index (χ0n) is 17.9. The van der Waals surface area contributed by atoms with Gasteiger partial charge in [-0.15, -0.1) is 11.6 Å². The lowest BCUT2D eigenvalue weighted by Crippen LogP contribution is -2.14. The SMILES string of the molecule is CC(=O)OCCOCCOCCOCCOCCOCCOCCCCCCCl. The second-order valence-electron chi connectivity index (χ2n) is 6.12. The van der Waals surface area contributed by atoms with Crippen molar-refractivity contribution in [3.05, 3.63) is 0 Å². The van der Waals surface area contributed by atoms with Crippen LogP contribution in [-0.2, 0) is 38.0 Å². The molecule has 0 fully saturated rings. The quantitative estimate of drug-likeness (QED) is 0.128. The summed E-state index contributed by atoms with van der Waals surface area (Å²) in [5.41, 5.74) is 0. The molecule has 0 N–H and O–H groups in total. The van der Waals surface area contributed by atoms with E-state index in [1.807, 2.05) is 0 Å². The fraction of sp³-hybridized carbons (Fsp3) is 0.950. The first kappa shape index (κ1) is 28.5.